The summed E-state index contributed by atoms with van der Waals surface area (Å²) in [7, 11) is 0. The summed E-state index contributed by atoms with van der Waals surface area (Å²) >= 11 is 0. The number of anilines is 1. The molecule has 158 valence electrons. The van der Waals surface area contributed by atoms with Gasteiger partial charge >= 0.3 is 0 Å². The van der Waals surface area contributed by atoms with Gasteiger partial charge in [-0.3, -0.25) is 0 Å². The molecule has 1 heterocycles. The molecule has 0 radical (unpaired) electrons. The molecule has 6 unspecified atom stereocenters. The van der Waals surface area contributed by atoms with E-state index in [0.29, 0.717) is 18.0 Å². The molecule has 0 bridgehead atoms. The lowest BCUT2D eigenvalue weighted by molar-refractivity contribution is 0.151. The molecule has 1 fully saturated rings. The summed E-state index contributed by atoms with van der Waals surface area (Å²) in [6.45, 7) is 5.07. The summed E-state index contributed by atoms with van der Waals surface area (Å²) < 4.78 is 0. The summed E-state index contributed by atoms with van der Waals surface area (Å²) in [6.07, 6.45) is 20.6. The minimum Gasteiger partial charge on any atom is -0.361 e. The van der Waals surface area contributed by atoms with Gasteiger partial charge in [0.05, 0.1) is 0 Å². The average Bonchev–Trinajstić information content (AvgIpc) is 3.08. The Bertz CT molecular complexity index is 905. The Morgan fingerprint density at radius 2 is 1.83 bits per heavy atom. The zero-order chi connectivity index (χ0) is 20.2. The molecule has 1 nitrogen and oxygen atoms in total. The molecule has 1 aromatic rings. The molecular formula is C29H37N. The summed E-state index contributed by atoms with van der Waals surface area (Å²) in [5.41, 5.74) is 6.79. The van der Waals surface area contributed by atoms with Crippen LogP contribution in [0.2, 0.25) is 0 Å². The van der Waals surface area contributed by atoms with E-state index in [2.05, 4.69) is 67.3 Å². The van der Waals surface area contributed by atoms with E-state index in [9.17, 15) is 0 Å². The van der Waals surface area contributed by atoms with Gasteiger partial charge in [0.25, 0.3) is 0 Å². The van der Waals surface area contributed by atoms with Crippen LogP contribution in [0.25, 0.3) is 0 Å². The highest BCUT2D eigenvalue weighted by Crippen LogP contribution is 2.59. The zero-order valence-electron chi connectivity index (χ0n) is 18.8. The van der Waals surface area contributed by atoms with Crippen molar-refractivity contribution in [2.45, 2.75) is 83.2 Å². The first kappa shape index (κ1) is 19.0. The van der Waals surface area contributed by atoms with Crippen molar-refractivity contribution in [1.29, 1.82) is 0 Å². The molecule has 6 rings (SSSR count). The molecule has 1 aliphatic heterocycles. The number of rotatable bonds is 1. The third kappa shape index (κ3) is 2.80. The first-order valence-corrected chi connectivity index (χ1v) is 12.7. The second-order valence-electron chi connectivity index (χ2n) is 10.8. The molecule has 1 saturated carbocycles. The smallest absolute Gasteiger partial charge is 0.0476 e. The highest BCUT2D eigenvalue weighted by molar-refractivity contribution is 5.65. The van der Waals surface area contributed by atoms with Crippen LogP contribution < -0.4 is 4.90 Å². The summed E-state index contributed by atoms with van der Waals surface area (Å²) in [5, 5.41) is 0. The monoisotopic (exact) mass is 399 g/mol. The Kier molecular flexibility index (Phi) is 4.70. The van der Waals surface area contributed by atoms with Gasteiger partial charge in [-0.1, -0.05) is 61.9 Å². The molecule has 1 heteroatoms. The van der Waals surface area contributed by atoms with Gasteiger partial charge in [-0.25, -0.2) is 0 Å². The lowest BCUT2D eigenvalue weighted by Gasteiger charge is -2.47. The lowest BCUT2D eigenvalue weighted by atomic mass is 9.61. The first-order chi connectivity index (χ1) is 14.7. The topological polar surface area (TPSA) is 3.24 Å². The minimum absolute atomic E-state index is 0.605. The van der Waals surface area contributed by atoms with Crippen LogP contribution in [-0.4, -0.2) is 12.1 Å². The molecule has 0 aromatic heterocycles. The molecule has 4 aliphatic carbocycles. The highest BCUT2D eigenvalue weighted by atomic mass is 15.2. The average molecular weight is 400 g/mol. The summed E-state index contributed by atoms with van der Waals surface area (Å²) in [4.78, 5) is 2.88. The van der Waals surface area contributed by atoms with Crippen molar-refractivity contribution >= 4 is 5.69 Å². The van der Waals surface area contributed by atoms with Gasteiger partial charge in [0.1, 0.15) is 0 Å². The van der Waals surface area contributed by atoms with Crippen molar-refractivity contribution in [1.82, 2.24) is 0 Å². The third-order valence-electron chi connectivity index (χ3n) is 9.21. The quantitative estimate of drug-likeness (QED) is 0.444. The number of fused-ring (bicyclic) bond motifs is 6. The van der Waals surface area contributed by atoms with E-state index in [0.717, 1.165) is 23.7 Å². The Balaban J connectivity index is 1.50. The molecule has 5 aliphatic rings. The Hall–Kier alpha value is -1.76. The third-order valence-corrected chi connectivity index (χ3v) is 9.21. The molecule has 7 atom stereocenters. The summed E-state index contributed by atoms with van der Waals surface area (Å²) in [6, 6.07) is 10.8. The largest absolute Gasteiger partial charge is 0.361 e. The van der Waals surface area contributed by atoms with Crippen LogP contribution >= 0.6 is 0 Å². The van der Waals surface area contributed by atoms with Crippen LogP contribution in [0.15, 0.2) is 59.7 Å². The summed E-state index contributed by atoms with van der Waals surface area (Å²) in [5.74, 6) is 3.87. The second kappa shape index (κ2) is 7.43. The van der Waals surface area contributed by atoms with E-state index in [-0.39, 0.29) is 0 Å². The van der Waals surface area contributed by atoms with Crippen LogP contribution in [0.4, 0.5) is 5.69 Å². The Morgan fingerprint density at radius 3 is 2.70 bits per heavy atom. The fraction of sp³-hybridized carbons (Fsp3) is 0.586. The van der Waals surface area contributed by atoms with Crippen LogP contribution in [-0.2, 0) is 0 Å². The van der Waals surface area contributed by atoms with Crippen LogP contribution in [0.3, 0.4) is 0 Å². The molecule has 0 saturated heterocycles. The van der Waals surface area contributed by atoms with Crippen molar-refractivity contribution in [2.75, 3.05) is 4.90 Å². The van der Waals surface area contributed by atoms with Gasteiger partial charge in [0, 0.05) is 23.7 Å². The Labute approximate surface area is 182 Å². The molecule has 0 N–H and O–H groups in total. The van der Waals surface area contributed by atoms with Gasteiger partial charge in [0.2, 0.25) is 0 Å². The van der Waals surface area contributed by atoms with Crippen LogP contribution in [0, 0.1) is 23.7 Å². The fourth-order valence-electron chi connectivity index (χ4n) is 8.09. The number of benzene rings is 1. The second-order valence-corrected chi connectivity index (χ2v) is 10.8. The maximum Gasteiger partial charge on any atom is 0.0476 e. The molecule has 30 heavy (non-hydrogen) atoms. The van der Waals surface area contributed by atoms with Gasteiger partial charge in [-0.2, -0.15) is 0 Å². The predicted molar refractivity (Wildman–Crippen MR) is 127 cm³/mol. The van der Waals surface area contributed by atoms with Gasteiger partial charge in [0.15, 0.2) is 0 Å². The van der Waals surface area contributed by atoms with E-state index in [1.54, 1.807) is 16.8 Å². The number of para-hydroxylation sites is 1. The van der Waals surface area contributed by atoms with Crippen LogP contribution in [0.5, 0.6) is 0 Å². The van der Waals surface area contributed by atoms with E-state index in [1.807, 2.05) is 5.57 Å². The SMILES string of the molecule is CC1CC(C)C2CCC3C(c4ccccc4N3[C@H]3C=CCCC3)C2C2=C1C=CCC2. The molecule has 1 aromatic carbocycles. The van der Waals surface area contributed by atoms with Crippen molar-refractivity contribution in [3.8, 4) is 0 Å². The lowest BCUT2D eigenvalue weighted by Crippen LogP contribution is -2.48. The number of nitrogens with zero attached hydrogens (tertiary/aromatic N) is 1. The molecule has 0 amide bonds. The van der Waals surface area contributed by atoms with E-state index in [1.165, 1.54) is 51.4 Å². The zero-order valence-corrected chi connectivity index (χ0v) is 18.8. The van der Waals surface area contributed by atoms with Gasteiger partial charge in [-0.05, 0) is 92.2 Å². The normalized spacial score (nSPS) is 39.8. The number of hydrogen-bond acceptors (Lipinski definition) is 1. The van der Waals surface area contributed by atoms with Crippen molar-refractivity contribution in [3.63, 3.8) is 0 Å². The van der Waals surface area contributed by atoms with Gasteiger partial charge in [-0.15, -0.1) is 0 Å². The maximum absolute atomic E-state index is 2.88. The standard InChI is InChI=1S/C29H37N/c1-19-18-20(2)23-16-17-27-29(28(23)24-13-7-6-12-22(19)24)25-14-8-9-15-26(25)30(27)21-10-4-3-5-11-21/h4,6,8-10,12,14-15,19-21,23,27-29H,3,5,7,11,13,16-18H2,1-2H3/t19?,20?,21-,23?,27?,28?,29?/m0/s1. The first-order valence-electron chi connectivity index (χ1n) is 12.7. The fourth-order valence-corrected chi connectivity index (χ4v) is 8.09. The minimum atomic E-state index is 0.605. The molecule has 0 spiro atoms. The van der Waals surface area contributed by atoms with E-state index < -0.39 is 0 Å². The molecular weight excluding hydrogens is 362 g/mol. The van der Waals surface area contributed by atoms with Crippen molar-refractivity contribution in [2.24, 2.45) is 23.7 Å². The van der Waals surface area contributed by atoms with E-state index in [4.69, 9.17) is 0 Å². The van der Waals surface area contributed by atoms with Crippen molar-refractivity contribution in [3.05, 3.63) is 65.3 Å². The number of hydrogen-bond donors (Lipinski definition) is 0. The number of allylic oxidation sites excluding steroid dienone is 5. The van der Waals surface area contributed by atoms with Crippen molar-refractivity contribution < 1.29 is 0 Å². The Morgan fingerprint density at radius 1 is 0.933 bits per heavy atom. The van der Waals surface area contributed by atoms with E-state index >= 15 is 0 Å². The highest BCUT2D eigenvalue weighted by Gasteiger charge is 2.52. The van der Waals surface area contributed by atoms with Crippen LogP contribution in [0.1, 0.15) is 76.7 Å². The van der Waals surface area contributed by atoms with Gasteiger partial charge < -0.3 is 4.90 Å². The maximum atomic E-state index is 2.88. The predicted octanol–water partition coefficient (Wildman–Crippen LogP) is 7.42.